The topological polar surface area (TPSA) is 71.3 Å². The van der Waals surface area contributed by atoms with E-state index in [1.807, 2.05) is 36.4 Å². The maximum atomic E-state index is 11.6. The maximum absolute atomic E-state index is 11.6. The molecule has 5 heteroatoms. The molecule has 0 fully saturated rings. The fraction of sp³-hybridized carbons (Fsp3) is 0.125. The summed E-state index contributed by atoms with van der Waals surface area (Å²) in [6.07, 6.45) is 0. The van der Waals surface area contributed by atoms with Crippen LogP contribution < -0.4 is 10.2 Å². The Morgan fingerprint density at radius 2 is 1.81 bits per heavy atom. The molecule has 0 aliphatic heterocycles. The normalized spacial score (nSPS) is 9.67. The van der Waals surface area contributed by atoms with Crippen molar-refractivity contribution in [3.05, 3.63) is 65.7 Å². The molecule has 0 aliphatic carbocycles. The lowest BCUT2D eigenvalue weighted by Crippen LogP contribution is -2.29. The Morgan fingerprint density at radius 1 is 1.10 bits per heavy atom. The summed E-state index contributed by atoms with van der Waals surface area (Å²) >= 11 is 0. The number of hydrogen-bond acceptors (Lipinski definition) is 4. The molecule has 2 rings (SSSR count). The van der Waals surface area contributed by atoms with Crippen LogP contribution in [0.25, 0.3) is 0 Å². The van der Waals surface area contributed by atoms with Gasteiger partial charge >= 0.3 is 0 Å². The summed E-state index contributed by atoms with van der Waals surface area (Å²) in [6, 6.07) is 18.2. The molecule has 0 aliphatic rings. The molecule has 0 atom stereocenters. The molecule has 1 N–H and O–H groups in total. The van der Waals surface area contributed by atoms with Gasteiger partial charge in [-0.15, -0.1) is 0 Å². The Hall–Kier alpha value is -2.84. The van der Waals surface area contributed by atoms with Crippen molar-refractivity contribution in [1.29, 1.82) is 5.26 Å². The van der Waals surface area contributed by atoms with E-state index in [0.717, 1.165) is 5.56 Å². The number of nitriles is 1. The Balaban J connectivity index is 1.74. The Kier molecular flexibility index (Phi) is 5.33. The van der Waals surface area contributed by atoms with Gasteiger partial charge in [-0.3, -0.25) is 9.63 Å². The van der Waals surface area contributed by atoms with Crippen LogP contribution >= 0.6 is 0 Å². The number of amides is 1. The van der Waals surface area contributed by atoms with Gasteiger partial charge in [-0.05, 0) is 17.7 Å². The second kappa shape index (κ2) is 7.68. The Bertz CT molecular complexity index is 635. The van der Waals surface area contributed by atoms with Crippen molar-refractivity contribution in [3.8, 4) is 11.8 Å². The van der Waals surface area contributed by atoms with Gasteiger partial charge in [0.05, 0.1) is 12.2 Å². The molecule has 2 aromatic rings. The number of ether oxygens (including phenoxy) is 1. The predicted octanol–water partition coefficient (Wildman–Crippen LogP) is 2.19. The number of rotatable bonds is 6. The summed E-state index contributed by atoms with van der Waals surface area (Å²) in [6.45, 7) is 0.0643. The lowest BCUT2D eigenvalue weighted by atomic mass is 10.2. The number of hydrogen-bond donors (Lipinski definition) is 1. The van der Waals surface area contributed by atoms with Crippen molar-refractivity contribution in [3.63, 3.8) is 0 Å². The van der Waals surface area contributed by atoms with Crippen molar-refractivity contribution in [2.24, 2.45) is 0 Å². The van der Waals surface area contributed by atoms with Crippen molar-refractivity contribution in [2.45, 2.75) is 6.61 Å². The minimum Gasteiger partial charge on any atom is -0.482 e. The average Bonchev–Trinajstić information content (AvgIpc) is 2.54. The van der Waals surface area contributed by atoms with Crippen molar-refractivity contribution >= 4 is 5.91 Å². The number of nitrogens with zero attached hydrogens (tertiary/aromatic N) is 1. The minimum atomic E-state index is -0.418. The van der Waals surface area contributed by atoms with Crippen LogP contribution in [-0.4, -0.2) is 12.5 Å². The average molecular weight is 282 g/mol. The summed E-state index contributed by atoms with van der Waals surface area (Å²) < 4.78 is 5.28. The lowest BCUT2D eigenvalue weighted by molar-refractivity contribution is -0.136. The van der Waals surface area contributed by atoms with Gasteiger partial charge in [-0.25, -0.2) is 5.48 Å². The standard InChI is InChI=1S/C16H14N2O3/c17-10-14-8-4-5-9-15(14)20-12-16(19)18-21-11-13-6-2-1-3-7-13/h1-9H,11-12H2,(H,18,19). The van der Waals surface area contributed by atoms with Crippen LogP contribution in [-0.2, 0) is 16.2 Å². The van der Waals surface area contributed by atoms with Gasteiger partial charge in [0, 0.05) is 0 Å². The Morgan fingerprint density at radius 3 is 2.57 bits per heavy atom. The first-order valence-corrected chi connectivity index (χ1v) is 6.36. The van der Waals surface area contributed by atoms with E-state index in [4.69, 9.17) is 14.8 Å². The first kappa shape index (κ1) is 14.6. The predicted molar refractivity (Wildman–Crippen MR) is 76.0 cm³/mol. The molecule has 0 bridgehead atoms. The zero-order valence-corrected chi connectivity index (χ0v) is 11.3. The third-order valence-corrected chi connectivity index (χ3v) is 2.63. The summed E-state index contributed by atoms with van der Waals surface area (Å²) in [5.41, 5.74) is 3.63. The van der Waals surface area contributed by atoms with Crippen LogP contribution in [0.3, 0.4) is 0 Å². The molecule has 0 unspecified atom stereocenters. The number of hydroxylamine groups is 1. The highest BCUT2D eigenvalue weighted by Gasteiger charge is 2.06. The van der Waals surface area contributed by atoms with E-state index >= 15 is 0 Å². The molecule has 0 heterocycles. The fourth-order valence-corrected chi connectivity index (χ4v) is 1.63. The van der Waals surface area contributed by atoms with E-state index in [1.54, 1.807) is 24.3 Å². The molecule has 0 aromatic heterocycles. The summed E-state index contributed by atoms with van der Waals surface area (Å²) in [5.74, 6) is -0.0446. The minimum absolute atomic E-state index is 0.215. The molecule has 0 saturated heterocycles. The first-order chi connectivity index (χ1) is 10.3. The molecular formula is C16H14N2O3. The van der Waals surface area contributed by atoms with Crippen LogP contribution in [0.4, 0.5) is 0 Å². The van der Waals surface area contributed by atoms with Crippen molar-refractivity contribution in [1.82, 2.24) is 5.48 Å². The number of carbonyl (C=O) groups is 1. The summed E-state index contributed by atoms with van der Waals surface area (Å²) in [7, 11) is 0. The SMILES string of the molecule is N#Cc1ccccc1OCC(=O)NOCc1ccccc1. The third-order valence-electron chi connectivity index (χ3n) is 2.63. The molecular weight excluding hydrogens is 268 g/mol. The monoisotopic (exact) mass is 282 g/mol. The highest BCUT2D eigenvalue weighted by atomic mass is 16.7. The maximum Gasteiger partial charge on any atom is 0.281 e. The van der Waals surface area contributed by atoms with Crippen molar-refractivity contribution in [2.75, 3.05) is 6.61 Å². The van der Waals surface area contributed by atoms with Gasteiger partial charge in [-0.2, -0.15) is 5.26 Å². The summed E-state index contributed by atoms with van der Waals surface area (Å²) in [5, 5.41) is 8.90. The molecule has 5 nitrogen and oxygen atoms in total. The zero-order valence-electron chi connectivity index (χ0n) is 11.3. The van der Waals surface area contributed by atoms with Gasteiger partial charge in [0.15, 0.2) is 6.61 Å². The van der Waals surface area contributed by atoms with Gasteiger partial charge in [0.1, 0.15) is 11.8 Å². The molecule has 1 amide bonds. The second-order valence-electron chi connectivity index (χ2n) is 4.20. The van der Waals surface area contributed by atoms with Crippen LogP contribution in [0.5, 0.6) is 5.75 Å². The van der Waals surface area contributed by atoms with E-state index in [1.165, 1.54) is 0 Å². The van der Waals surface area contributed by atoms with Crippen molar-refractivity contribution < 1.29 is 14.4 Å². The Labute approximate surface area is 122 Å². The molecule has 0 saturated carbocycles. The van der Waals surface area contributed by atoms with E-state index in [0.29, 0.717) is 11.3 Å². The zero-order chi connectivity index (χ0) is 14.9. The van der Waals surface area contributed by atoms with E-state index < -0.39 is 5.91 Å². The van der Waals surface area contributed by atoms with Crippen LogP contribution in [0.15, 0.2) is 54.6 Å². The lowest BCUT2D eigenvalue weighted by Gasteiger charge is -2.08. The highest BCUT2D eigenvalue weighted by Crippen LogP contribution is 2.16. The van der Waals surface area contributed by atoms with Crippen LogP contribution in [0.2, 0.25) is 0 Å². The molecule has 21 heavy (non-hydrogen) atoms. The largest absolute Gasteiger partial charge is 0.482 e. The number of benzene rings is 2. The smallest absolute Gasteiger partial charge is 0.281 e. The highest BCUT2D eigenvalue weighted by molar-refractivity contribution is 5.76. The molecule has 0 spiro atoms. The molecule has 0 radical (unpaired) electrons. The van der Waals surface area contributed by atoms with Gasteiger partial charge < -0.3 is 4.74 Å². The molecule has 2 aromatic carbocycles. The van der Waals surface area contributed by atoms with E-state index in [9.17, 15) is 4.79 Å². The quantitative estimate of drug-likeness (QED) is 0.824. The fourth-order valence-electron chi connectivity index (χ4n) is 1.63. The first-order valence-electron chi connectivity index (χ1n) is 6.36. The number of nitrogens with one attached hydrogen (secondary N) is 1. The van der Waals surface area contributed by atoms with Gasteiger partial charge in [0.2, 0.25) is 0 Å². The summed E-state index contributed by atoms with van der Waals surface area (Å²) in [4.78, 5) is 16.6. The molecule has 106 valence electrons. The van der Waals surface area contributed by atoms with Crippen LogP contribution in [0.1, 0.15) is 11.1 Å². The second-order valence-corrected chi connectivity index (χ2v) is 4.20. The van der Waals surface area contributed by atoms with Gasteiger partial charge in [0.25, 0.3) is 5.91 Å². The third kappa shape index (κ3) is 4.64. The van der Waals surface area contributed by atoms with Crippen LogP contribution in [0, 0.1) is 11.3 Å². The van der Waals surface area contributed by atoms with E-state index in [2.05, 4.69) is 5.48 Å². The van der Waals surface area contributed by atoms with Gasteiger partial charge in [-0.1, -0.05) is 42.5 Å². The van der Waals surface area contributed by atoms with E-state index in [-0.39, 0.29) is 13.2 Å². The number of para-hydroxylation sites is 1. The number of carbonyl (C=O) groups excluding carboxylic acids is 1.